The molecule has 0 radical (unpaired) electrons. The molecule has 1 N–H and O–H groups in total. The van der Waals surface area contributed by atoms with E-state index in [1.54, 1.807) is 7.11 Å². The van der Waals surface area contributed by atoms with Gasteiger partial charge < -0.3 is 14.5 Å². The summed E-state index contributed by atoms with van der Waals surface area (Å²) in [7, 11) is 1.68. The van der Waals surface area contributed by atoms with Gasteiger partial charge in [0.15, 0.2) is 0 Å². The van der Waals surface area contributed by atoms with Crippen LogP contribution in [0.4, 0.5) is 0 Å². The second-order valence-electron chi connectivity index (χ2n) is 4.60. The number of methoxy groups -OCH3 is 1. The number of nitrogens with one attached hydrogen (secondary N) is 1. The van der Waals surface area contributed by atoms with Gasteiger partial charge >= 0.3 is 0 Å². The van der Waals surface area contributed by atoms with Crippen molar-refractivity contribution in [3.05, 3.63) is 53.5 Å². The monoisotopic (exact) mass is 259 g/mol. The van der Waals surface area contributed by atoms with Crippen LogP contribution < -0.4 is 10.1 Å². The van der Waals surface area contributed by atoms with Crippen LogP contribution in [0.25, 0.3) is 0 Å². The van der Waals surface area contributed by atoms with E-state index in [0.29, 0.717) is 0 Å². The lowest BCUT2D eigenvalue weighted by molar-refractivity contribution is 0.414. The Kier molecular flexibility index (Phi) is 4.63. The van der Waals surface area contributed by atoms with E-state index >= 15 is 0 Å². The van der Waals surface area contributed by atoms with E-state index in [0.717, 1.165) is 30.2 Å². The molecule has 0 aliphatic rings. The molecule has 0 spiro atoms. The number of hydrogen-bond donors (Lipinski definition) is 1. The van der Waals surface area contributed by atoms with Gasteiger partial charge in [-0.15, -0.1) is 0 Å². The van der Waals surface area contributed by atoms with E-state index in [1.165, 1.54) is 5.56 Å². The zero-order valence-electron chi connectivity index (χ0n) is 11.8. The first kappa shape index (κ1) is 13.7. The average Bonchev–Trinajstić information content (AvgIpc) is 2.93. The van der Waals surface area contributed by atoms with Crippen LogP contribution in [-0.4, -0.2) is 7.11 Å². The lowest BCUT2D eigenvalue weighted by Gasteiger charge is -2.13. The predicted octanol–water partition coefficient (Wildman–Crippen LogP) is 3.70. The van der Waals surface area contributed by atoms with E-state index in [9.17, 15) is 0 Å². The van der Waals surface area contributed by atoms with E-state index in [4.69, 9.17) is 9.15 Å². The Labute approximate surface area is 114 Å². The van der Waals surface area contributed by atoms with Crippen molar-refractivity contribution in [2.45, 2.75) is 32.9 Å². The SMILES string of the molecule is CCc1ccc(CN[C@@H](C)c2ccc(OC)cc2)o1. The molecule has 0 saturated carbocycles. The highest BCUT2D eigenvalue weighted by Gasteiger charge is 2.06. The normalized spacial score (nSPS) is 12.4. The first-order valence-corrected chi connectivity index (χ1v) is 6.68. The largest absolute Gasteiger partial charge is 0.497 e. The second-order valence-corrected chi connectivity index (χ2v) is 4.60. The van der Waals surface area contributed by atoms with Crippen LogP contribution in [0.2, 0.25) is 0 Å². The number of hydrogen-bond acceptors (Lipinski definition) is 3. The van der Waals surface area contributed by atoms with Crippen LogP contribution in [0.5, 0.6) is 5.75 Å². The van der Waals surface area contributed by atoms with Crippen molar-refractivity contribution in [3.63, 3.8) is 0 Å². The fourth-order valence-corrected chi connectivity index (χ4v) is 1.97. The number of aryl methyl sites for hydroxylation is 1. The zero-order valence-corrected chi connectivity index (χ0v) is 11.8. The van der Waals surface area contributed by atoms with Crippen molar-refractivity contribution in [1.29, 1.82) is 0 Å². The third kappa shape index (κ3) is 3.61. The van der Waals surface area contributed by atoms with Gasteiger partial charge in [-0.3, -0.25) is 0 Å². The highest BCUT2D eigenvalue weighted by molar-refractivity contribution is 5.28. The molecule has 2 rings (SSSR count). The summed E-state index contributed by atoms with van der Waals surface area (Å²) in [4.78, 5) is 0. The molecule has 0 saturated heterocycles. The Morgan fingerprint density at radius 3 is 2.37 bits per heavy atom. The highest BCUT2D eigenvalue weighted by Crippen LogP contribution is 2.18. The molecule has 3 heteroatoms. The molecule has 2 aromatic rings. The third-order valence-corrected chi connectivity index (χ3v) is 3.26. The molecule has 3 nitrogen and oxygen atoms in total. The number of ether oxygens (including phenoxy) is 1. The molecular formula is C16H21NO2. The maximum atomic E-state index is 5.67. The van der Waals surface area contributed by atoms with Crippen LogP contribution in [0.15, 0.2) is 40.8 Å². The van der Waals surface area contributed by atoms with Gasteiger partial charge in [0.1, 0.15) is 17.3 Å². The molecule has 102 valence electrons. The Morgan fingerprint density at radius 1 is 1.11 bits per heavy atom. The maximum Gasteiger partial charge on any atom is 0.118 e. The molecule has 19 heavy (non-hydrogen) atoms. The van der Waals surface area contributed by atoms with Gasteiger partial charge in [0.25, 0.3) is 0 Å². The van der Waals surface area contributed by atoms with Crippen LogP contribution >= 0.6 is 0 Å². The molecular weight excluding hydrogens is 238 g/mol. The summed E-state index contributed by atoms with van der Waals surface area (Å²) >= 11 is 0. The third-order valence-electron chi connectivity index (χ3n) is 3.26. The standard InChI is InChI=1S/C16H21NO2/c1-4-14-9-10-16(19-14)11-17-12(2)13-5-7-15(18-3)8-6-13/h5-10,12,17H,4,11H2,1-3H3/t12-/m0/s1. The fraction of sp³-hybridized carbons (Fsp3) is 0.375. The first-order valence-electron chi connectivity index (χ1n) is 6.68. The Morgan fingerprint density at radius 2 is 1.79 bits per heavy atom. The van der Waals surface area contributed by atoms with E-state index in [2.05, 4.69) is 31.3 Å². The van der Waals surface area contributed by atoms with E-state index in [1.807, 2.05) is 24.3 Å². The summed E-state index contributed by atoms with van der Waals surface area (Å²) in [5.74, 6) is 2.90. The van der Waals surface area contributed by atoms with E-state index in [-0.39, 0.29) is 6.04 Å². The van der Waals surface area contributed by atoms with Crippen molar-refractivity contribution >= 4 is 0 Å². The number of rotatable bonds is 6. The first-order chi connectivity index (χ1) is 9.22. The van der Waals surface area contributed by atoms with Crippen molar-refractivity contribution in [3.8, 4) is 5.75 Å². The van der Waals surface area contributed by atoms with Gasteiger partial charge in [-0.2, -0.15) is 0 Å². The predicted molar refractivity (Wildman–Crippen MR) is 76.3 cm³/mol. The minimum absolute atomic E-state index is 0.279. The summed E-state index contributed by atoms with van der Waals surface area (Å²) in [6, 6.07) is 12.5. The number of benzene rings is 1. The lowest BCUT2D eigenvalue weighted by Crippen LogP contribution is -2.17. The molecule has 0 aliphatic heterocycles. The Balaban J connectivity index is 1.90. The van der Waals surface area contributed by atoms with E-state index < -0.39 is 0 Å². The van der Waals surface area contributed by atoms with Crippen molar-refractivity contribution in [2.24, 2.45) is 0 Å². The smallest absolute Gasteiger partial charge is 0.118 e. The summed E-state index contributed by atoms with van der Waals surface area (Å²) in [6.45, 7) is 4.98. The lowest BCUT2D eigenvalue weighted by atomic mass is 10.1. The van der Waals surface area contributed by atoms with Gasteiger partial charge in [0.05, 0.1) is 13.7 Å². The molecule has 1 heterocycles. The summed E-state index contributed by atoms with van der Waals surface area (Å²) in [6.07, 6.45) is 0.939. The van der Waals surface area contributed by atoms with Crippen LogP contribution in [-0.2, 0) is 13.0 Å². The molecule has 1 aromatic heterocycles. The summed E-state index contributed by atoms with van der Waals surface area (Å²) < 4.78 is 10.8. The van der Waals surface area contributed by atoms with Gasteiger partial charge in [-0.25, -0.2) is 0 Å². The van der Waals surface area contributed by atoms with Gasteiger partial charge in [0, 0.05) is 12.5 Å². The second kappa shape index (κ2) is 6.43. The summed E-state index contributed by atoms with van der Waals surface area (Å²) in [5, 5.41) is 3.46. The average molecular weight is 259 g/mol. The molecule has 0 amide bonds. The molecule has 0 unspecified atom stereocenters. The van der Waals surface area contributed by atoms with Gasteiger partial charge in [-0.1, -0.05) is 19.1 Å². The Hall–Kier alpha value is -1.74. The molecule has 1 atom stereocenters. The maximum absolute atomic E-state index is 5.67. The van der Waals surface area contributed by atoms with Gasteiger partial charge in [-0.05, 0) is 36.8 Å². The fourth-order valence-electron chi connectivity index (χ4n) is 1.97. The zero-order chi connectivity index (χ0) is 13.7. The topological polar surface area (TPSA) is 34.4 Å². The van der Waals surface area contributed by atoms with Crippen molar-refractivity contribution < 1.29 is 9.15 Å². The highest BCUT2D eigenvalue weighted by atomic mass is 16.5. The molecule has 1 aromatic carbocycles. The molecule has 0 bridgehead atoms. The molecule has 0 aliphatic carbocycles. The Bertz CT molecular complexity index is 502. The summed E-state index contributed by atoms with van der Waals surface area (Å²) in [5.41, 5.74) is 1.24. The van der Waals surface area contributed by atoms with Crippen molar-refractivity contribution in [1.82, 2.24) is 5.32 Å². The minimum atomic E-state index is 0.279. The molecule has 0 fully saturated rings. The van der Waals surface area contributed by atoms with Crippen LogP contribution in [0.3, 0.4) is 0 Å². The quantitative estimate of drug-likeness (QED) is 0.859. The number of furan rings is 1. The van der Waals surface area contributed by atoms with Crippen LogP contribution in [0, 0.1) is 0 Å². The van der Waals surface area contributed by atoms with Crippen LogP contribution in [0.1, 0.15) is 37.0 Å². The van der Waals surface area contributed by atoms with Crippen molar-refractivity contribution in [2.75, 3.05) is 7.11 Å². The van der Waals surface area contributed by atoms with Gasteiger partial charge in [0.2, 0.25) is 0 Å². The minimum Gasteiger partial charge on any atom is -0.497 e.